The number of carbonyl (C=O) groups excluding carboxylic acids is 2. The highest BCUT2D eigenvalue weighted by atomic mass is 16.5. The van der Waals surface area contributed by atoms with Crippen molar-refractivity contribution in [3.8, 4) is 5.88 Å². The zero-order chi connectivity index (χ0) is 14.3. The summed E-state index contributed by atoms with van der Waals surface area (Å²) in [6, 6.07) is 1.52. The maximum atomic E-state index is 11.0. The van der Waals surface area contributed by atoms with Gasteiger partial charge in [-0.15, -0.1) is 0 Å². The van der Waals surface area contributed by atoms with E-state index in [-0.39, 0.29) is 23.6 Å². The van der Waals surface area contributed by atoms with E-state index in [1.807, 2.05) is 0 Å². The summed E-state index contributed by atoms with van der Waals surface area (Å²) >= 11 is 0. The average Bonchev–Trinajstić information content (AvgIpc) is 2.27. The summed E-state index contributed by atoms with van der Waals surface area (Å²) in [4.78, 5) is 30.0. The lowest BCUT2D eigenvalue weighted by molar-refractivity contribution is -0.115. The predicted molar refractivity (Wildman–Crippen MR) is 71.0 cm³/mol. The molecule has 0 unspecified atom stereocenters. The van der Waals surface area contributed by atoms with Crippen molar-refractivity contribution < 1.29 is 14.3 Å². The number of nitrogens with zero attached hydrogens (tertiary/aromatic N) is 2. The average molecular weight is 266 g/mol. The van der Waals surface area contributed by atoms with Crippen LogP contribution in [0.3, 0.4) is 0 Å². The van der Waals surface area contributed by atoms with Crippen LogP contribution < -0.4 is 15.4 Å². The van der Waals surface area contributed by atoms with Crippen molar-refractivity contribution in [1.29, 1.82) is 0 Å². The molecule has 0 aromatic carbocycles. The molecular weight excluding hydrogens is 248 g/mol. The number of ether oxygens (including phenoxy) is 1. The molecule has 104 valence electrons. The highest BCUT2D eigenvalue weighted by molar-refractivity contribution is 5.89. The molecule has 7 nitrogen and oxygen atoms in total. The minimum Gasteiger partial charge on any atom is -0.477 e. The van der Waals surface area contributed by atoms with E-state index in [9.17, 15) is 9.59 Å². The third-order valence-electron chi connectivity index (χ3n) is 2.04. The molecule has 1 rings (SSSR count). The van der Waals surface area contributed by atoms with E-state index in [1.165, 1.54) is 19.9 Å². The molecule has 19 heavy (non-hydrogen) atoms. The Morgan fingerprint density at radius 3 is 2.47 bits per heavy atom. The lowest BCUT2D eigenvalue weighted by atomic mass is 10.4. The molecule has 0 aliphatic carbocycles. The van der Waals surface area contributed by atoms with Crippen LogP contribution >= 0.6 is 0 Å². The fourth-order valence-corrected chi connectivity index (χ4v) is 1.28. The van der Waals surface area contributed by atoms with Crippen molar-refractivity contribution in [3.05, 3.63) is 6.07 Å². The summed E-state index contributed by atoms with van der Waals surface area (Å²) < 4.78 is 5.44. The second-order valence-corrected chi connectivity index (χ2v) is 3.98. The van der Waals surface area contributed by atoms with Gasteiger partial charge in [0.1, 0.15) is 5.82 Å². The Hall–Kier alpha value is -2.18. The van der Waals surface area contributed by atoms with E-state index in [2.05, 4.69) is 27.5 Å². The molecule has 1 aromatic rings. The molecule has 0 radical (unpaired) electrons. The van der Waals surface area contributed by atoms with Gasteiger partial charge in [-0.25, -0.2) is 0 Å². The fraction of sp³-hybridized carbons (Fsp3) is 0.500. The quantitative estimate of drug-likeness (QED) is 0.762. The first-order valence-electron chi connectivity index (χ1n) is 6.08. The monoisotopic (exact) mass is 266 g/mol. The normalized spacial score (nSPS) is 9.84. The van der Waals surface area contributed by atoms with Crippen molar-refractivity contribution >= 4 is 23.6 Å². The molecule has 0 saturated heterocycles. The van der Waals surface area contributed by atoms with Crippen LogP contribution in [-0.4, -0.2) is 28.4 Å². The number of anilines is 2. The minimum absolute atomic E-state index is 0.102. The Balaban J connectivity index is 2.87. The zero-order valence-corrected chi connectivity index (χ0v) is 11.3. The van der Waals surface area contributed by atoms with E-state index in [0.717, 1.165) is 12.8 Å². The predicted octanol–water partition coefficient (Wildman–Crippen LogP) is 1.57. The minimum atomic E-state index is -0.292. The molecule has 2 amide bonds. The molecule has 2 N–H and O–H groups in total. The SMILES string of the molecule is CCCCOc1cc(NC(C)=O)nc(NC(C)=O)n1. The van der Waals surface area contributed by atoms with E-state index < -0.39 is 0 Å². The number of rotatable bonds is 6. The number of carbonyl (C=O) groups is 2. The van der Waals surface area contributed by atoms with Gasteiger partial charge in [-0.2, -0.15) is 9.97 Å². The summed E-state index contributed by atoms with van der Waals surface area (Å²) in [5.74, 6) is 0.158. The lowest BCUT2D eigenvalue weighted by Crippen LogP contribution is -2.14. The Bertz CT molecular complexity index is 428. The van der Waals surface area contributed by atoms with Crippen molar-refractivity contribution in [1.82, 2.24) is 9.97 Å². The Morgan fingerprint density at radius 1 is 1.21 bits per heavy atom. The molecular formula is C12H18N4O3. The topological polar surface area (TPSA) is 93.2 Å². The van der Waals surface area contributed by atoms with Gasteiger partial charge < -0.3 is 10.1 Å². The third kappa shape index (κ3) is 5.80. The standard InChI is InChI=1S/C12H18N4O3/c1-4-5-6-19-11-7-10(13-8(2)17)15-12(16-11)14-9(3)18/h7H,4-6H2,1-3H3,(H2,13,14,15,16,17,18). The smallest absolute Gasteiger partial charge is 0.234 e. The third-order valence-corrected chi connectivity index (χ3v) is 2.04. The molecule has 0 atom stereocenters. The first kappa shape index (κ1) is 14.9. The molecule has 0 fully saturated rings. The molecule has 1 heterocycles. The Labute approximate surface area is 111 Å². The Morgan fingerprint density at radius 2 is 1.89 bits per heavy atom. The van der Waals surface area contributed by atoms with E-state index in [0.29, 0.717) is 12.5 Å². The van der Waals surface area contributed by atoms with Gasteiger partial charge in [-0.1, -0.05) is 13.3 Å². The molecule has 0 aliphatic heterocycles. The highest BCUT2D eigenvalue weighted by Gasteiger charge is 2.08. The van der Waals surface area contributed by atoms with E-state index in [1.54, 1.807) is 0 Å². The Kier molecular flexibility index (Phi) is 5.72. The highest BCUT2D eigenvalue weighted by Crippen LogP contribution is 2.16. The number of hydrogen-bond donors (Lipinski definition) is 2. The molecule has 0 bridgehead atoms. The maximum Gasteiger partial charge on any atom is 0.234 e. The second-order valence-electron chi connectivity index (χ2n) is 3.98. The van der Waals surface area contributed by atoms with Crippen molar-refractivity contribution in [2.24, 2.45) is 0 Å². The fourth-order valence-electron chi connectivity index (χ4n) is 1.28. The van der Waals surface area contributed by atoms with Crippen LogP contribution in [0.5, 0.6) is 5.88 Å². The van der Waals surface area contributed by atoms with Crippen LogP contribution in [0.1, 0.15) is 33.6 Å². The number of hydrogen-bond acceptors (Lipinski definition) is 5. The van der Waals surface area contributed by atoms with Crippen LogP contribution in [-0.2, 0) is 9.59 Å². The number of nitrogens with one attached hydrogen (secondary N) is 2. The van der Waals surface area contributed by atoms with Gasteiger partial charge >= 0.3 is 0 Å². The largest absolute Gasteiger partial charge is 0.477 e. The van der Waals surface area contributed by atoms with Gasteiger partial charge in [0.05, 0.1) is 6.61 Å². The first-order valence-corrected chi connectivity index (χ1v) is 6.08. The number of unbranched alkanes of at least 4 members (excludes halogenated alkanes) is 1. The van der Waals surface area contributed by atoms with Gasteiger partial charge in [-0.05, 0) is 6.42 Å². The molecule has 0 aliphatic rings. The molecule has 1 aromatic heterocycles. The number of amides is 2. The van der Waals surface area contributed by atoms with Crippen LogP contribution in [0.25, 0.3) is 0 Å². The van der Waals surface area contributed by atoms with Crippen LogP contribution in [0, 0.1) is 0 Å². The van der Waals surface area contributed by atoms with E-state index >= 15 is 0 Å². The van der Waals surface area contributed by atoms with Crippen molar-refractivity contribution in [2.75, 3.05) is 17.2 Å². The van der Waals surface area contributed by atoms with Gasteiger partial charge in [0.25, 0.3) is 0 Å². The molecule has 0 saturated carbocycles. The molecule has 7 heteroatoms. The van der Waals surface area contributed by atoms with Crippen molar-refractivity contribution in [3.63, 3.8) is 0 Å². The van der Waals surface area contributed by atoms with Crippen LogP contribution in [0.4, 0.5) is 11.8 Å². The first-order chi connectivity index (χ1) is 9.01. The lowest BCUT2D eigenvalue weighted by Gasteiger charge is -2.09. The van der Waals surface area contributed by atoms with Gasteiger partial charge in [0, 0.05) is 19.9 Å². The van der Waals surface area contributed by atoms with Gasteiger partial charge in [0.15, 0.2) is 0 Å². The summed E-state index contributed by atoms with van der Waals surface area (Å²) in [6.45, 7) is 5.30. The summed E-state index contributed by atoms with van der Waals surface area (Å²) in [5, 5.41) is 4.98. The summed E-state index contributed by atoms with van der Waals surface area (Å²) in [7, 11) is 0. The van der Waals surface area contributed by atoms with Crippen LogP contribution in [0.2, 0.25) is 0 Å². The maximum absolute atomic E-state index is 11.0. The zero-order valence-electron chi connectivity index (χ0n) is 11.3. The second kappa shape index (κ2) is 7.30. The van der Waals surface area contributed by atoms with Gasteiger partial charge in [0.2, 0.25) is 23.6 Å². The van der Waals surface area contributed by atoms with Gasteiger partial charge in [-0.3, -0.25) is 14.9 Å². The molecule has 0 spiro atoms. The summed E-state index contributed by atoms with van der Waals surface area (Å²) in [5.41, 5.74) is 0. The van der Waals surface area contributed by atoms with Crippen molar-refractivity contribution in [2.45, 2.75) is 33.6 Å². The number of aromatic nitrogens is 2. The summed E-state index contributed by atoms with van der Waals surface area (Å²) in [6.07, 6.45) is 1.90. The van der Waals surface area contributed by atoms with Crippen LogP contribution in [0.15, 0.2) is 6.07 Å². The van der Waals surface area contributed by atoms with E-state index in [4.69, 9.17) is 4.74 Å².